The van der Waals surface area contributed by atoms with Crippen molar-refractivity contribution in [3.05, 3.63) is 53.6 Å². The Labute approximate surface area is 207 Å². The molecule has 0 radical (unpaired) electrons. The summed E-state index contributed by atoms with van der Waals surface area (Å²) in [5, 5.41) is 17.4. The van der Waals surface area contributed by atoms with Crippen LogP contribution >= 0.6 is 0 Å². The zero-order valence-electron chi connectivity index (χ0n) is 21.1. The highest BCUT2D eigenvalue weighted by Crippen LogP contribution is 2.39. The van der Waals surface area contributed by atoms with Crippen molar-refractivity contribution >= 4 is 11.5 Å². The summed E-state index contributed by atoms with van der Waals surface area (Å²) < 4.78 is 13.2. The van der Waals surface area contributed by atoms with E-state index in [-0.39, 0.29) is 0 Å². The molecule has 1 fully saturated rings. The van der Waals surface area contributed by atoms with E-state index in [1.54, 1.807) is 7.11 Å². The SMILES string of the molecule is C=C(C)N1CCC(NC2CCOC2)=C(C(=N)N2CCCc3cc(-c4cnn(C)c4)c(OC)cc32)C1. The Morgan fingerprint density at radius 1 is 1.29 bits per heavy atom. The van der Waals surface area contributed by atoms with Gasteiger partial charge in [0.05, 0.1) is 26.0 Å². The molecule has 3 aliphatic rings. The third-order valence-corrected chi connectivity index (χ3v) is 7.28. The number of rotatable bonds is 6. The van der Waals surface area contributed by atoms with E-state index < -0.39 is 0 Å². The molecule has 1 saturated heterocycles. The van der Waals surface area contributed by atoms with E-state index in [0.717, 1.165) is 85.8 Å². The number of nitrogens with zero attached hydrogens (tertiary/aromatic N) is 4. The lowest BCUT2D eigenvalue weighted by Crippen LogP contribution is -2.44. The fourth-order valence-electron chi connectivity index (χ4n) is 5.32. The molecular formula is C27H36N6O2. The van der Waals surface area contributed by atoms with Gasteiger partial charge in [0.25, 0.3) is 0 Å². The monoisotopic (exact) mass is 476 g/mol. The van der Waals surface area contributed by atoms with Crippen LogP contribution in [-0.4, -0.2) is 66.5 Å². The summed E-state index contributed by atoms with van der Waals surface area (Å²) in [5.74, 6) is 1.37. The number of fused-ring (bicyclic) bond motifs is 1. The molecular weight excluding hydrogens is 440 g/mol. The molecule has 5 rings (SSSR count). The van der Waals surface area contributed by atoms with E-state index in [2.05, 4.69) is 38.9 Å². The van der Waals surface area contributed by atoms with Crippen molar-refractivity contribution in [2.45, 2.75) is 38.6 Å². The lowest BCUT2D eigenvalue weighted by molar-refractivity contribution is 0.191. The minimum absolute atomic E-state index is 0.319. The molecule has 4 heterocycles. The normalized spacial score (nSPS) is 20.1. The first kappa shape index (κ1) is 23.5. The smallest absolute Gasteiger partial charge is 0.131 e. The Kier molecular flexibility index (Phi) is 6.56. The van der Waals surface area contributed by atoms with Crippen molar-refractivity contribution in [2.24, 2.45) is 7.05 Å². The zero-order valence-corrected chi connectivity index (χ0v) is 21.1. The van der Waals surface area contributed by atoms with Gasteiger partial charge < -0.3 is 24.6 Å². The van der Waals surface area contributed by atoms with Crippen LogP contribution in [0.15, 0.2) is 48.1 Å². The van der Waals surface area contributed by atoms with Crippen LogP contribution in [0.5, 0.6) is 5.75 Å². The molecule has 0 spiro atoms. The number of aryl methyl sites for hydroxylation is 2. The van der Waals surface area contributed by atoms with Crippen LogP contribution in [0.25, 0.3) is 11.1 Å². The molecule has 0 aliphatic carbocycles. The summed E-state index contributed by atoms with van der Waals surface area (Å²) in [6.45, 7) is 10.2. The van der Waals surface area contributed by atoms with Crippen LogP contribution < -0.4 is 15.0 Å². The molecule has 8 nitrogen and oxygen atoms in total. The van der Waals surface area contributed by atoms with Crippen molar-refractivity contribution in [1.82, 2.24) is 20.0 Å². The van der Waals surface area contributed by atoms with Crippen LogP contribution in [0, 0.1) is 5.41 Å². The largest absolute Gasteiger partial charge is 0.496 e. The van der Waals surface area contributed by atoms with Crippen molar-refractivity contribution < 1.29 is 9.47 Å². The Morgan fingerprint density at radius 3 is 2.83 bits per heavy atom. The molecule has 186 valence electrons. The van der Waals surface area contributed by atoms with Crippen LogP contribution in [0.1, 0.15) is 31.7 Å². The van der Waals surface area contributed by atoms with E-state index in [4.69, 9.17) is 9.47 Å². The van der Waals surface area contributed by atoms with Crippen molar-refractivity contribution in [3.63, 3.8) is 0 Å². The first-order valence-electron chi connectivity index (χ1n) is 12.5. The van der Waals surface area contributed by atoms with E-state index in [9.17, 15) is 5.41 Å². The maximum absolute atomic E-state index is 9.38. The Hall–Kier alpha value is -3.26. The number of allylic oxidation sites excluding steroid dienone is 1. The number of anilines is 1. The number of methoxy groups -OCH3 is 1. The van der Waals surface area contributed by atoms with E-state index in [0.29, 0.717) is 18.4 Å². The second-order valence-corrected chi connectivity index (χ2v) is 9.76. The Morgan fingerprint density at radius 2 is 2.14 bits per heavy atom. The molecule has 0 saturated carbocycles. The van der Waals surface area contributed by atoms with Crippen molar-refractivity contribution in [2.75, 3.05) is 44.9 Å². The molecule has 1 aromatic heterocycles. The van der Waals surface area contributed by atoms with Gasteiger partial charge in [0.2, 0.25) is 0 Å². The molecule has 8 heteroatoms. The van der Waals surface area contributed by atoms with E-state index in [1.807, 2.05) is 31.0 Å². The third kappa shape index (κ3) is 4.67. The van der Waals surface area contributed by atoms with E-state index in [1.165, 1.54) is 11.3 Å². The number of hydrogen-bond donors (Lipinski definition) is 2. The summed E-state index contributed by atoms with van der Waals surface area (Å²) in [7, 11) is 3.63. The Balaban J connectivity index is 1.51. The van der Waals surface area contributed by atoms with Crippen LogP contribution in [0.4, 0.5) is 5.69 Å². The average molecular weight is 477 g/mol. The molecule has 35 heavy (non-hydrogen) atoms. The number of amidine groups is 1. The van der Waals surface area contributed by atoms with Gasteiger partial charge in [0, 0.05) is 85.8 Å². The highest BCUT2D eigenvalue weighted by atomic mass is 16.5. The first-order valence-corrected chi connectivity index (χ1v) is 12.5. The van der Waals surface area contributed by atoms with Crippen LogP contribution in [0.2, 0.25) is 0 Å². The fourth-order valence-corrected chi connectivity index (χ4v) is 5.32. The molecule has 2 aromatic rings. The topological polar surface area (TPSA) is 78.6 Å². The molecule has 2 N–H and O–H groups in total. The summed E-state index contributed by atoms with van der Waals surface area (Å²) in [5.41, 5.74) is 7.66. The maximum Gasteiger partial charge on any atom is 0.131 e. The van der Waals surface area contributed by atoms with Crippen LogP contribution in [-0.2, 0) is 18.2 Å². The number of nitrogens with one attached hydrogen (secondary N) is 2. The lowest BCUT2D eigenvalue weighted by atomic mass is 9.94. The summed E-state index contributed by atoms with van der Waals surface area (Å²) in [4.78, 5) is 4.44. The standard InChI is InChI=1S/C27H36N6O2/c1-18(2)32-10-7-24(30-21-8-11-35-17-21)23(16-32)27(28)33-9-5-6-19-12-22(20-14-29-31(3)15-20)26(34-4)13-25(19)33/h12-15,21,28,30H,1,5-11,16-17H2,2-4H3. The third-order valence-electron chi connectivity index (χ3n) is 7.28. The number of ether oxygens (including phenoxy) is 2. The maximum atomic E-state index is 9.38. The molecule has 1 unspecified atom stereocenters. The first-order chi connectivity index (χ1) is 16.9. The predicted octanol–water partition coefficient (Wildman–Crippen LogP) is 3.70. The summed E-state index contributed by atoms with van der Waals surface area (Å²) >= 11 is 0. The lowest BCUT2D eigenvalue weighted by Gasteiger charge is -2.38. The number of aromatic nitrogens is 2. The summed E-state index contributed by atoms with van der Waals surface area (Å²) in [6, 6.07) is 4.64. The predicted molar refractivity (Wildman–Crippen MR) is 139 cm³/mol. The molecule has 3 aliphatic heterocycles. The Bertz CT molecular complexity index is 1160. The molecule has 1 aromatic carbocycles. The molecule has 0 bridgehead atoms. The summed E-state index contributed by atoms with van der Waals surface area (Å²) in [6.07, 6.45) is 7.76. The zero-order chi connectivity index (χ0) is 24.5. The number of hydrogen-bond acceptors (Lipinski definition) is 6. The molecule has 0 amide bonds. The minimum Gasteiger partial charge on any atom is -0.496 e. The highest BCUT2D eigenvalue weighted by molar-refractivity contribution is 6.09. The van der Waals surface area contributed by atoms with Gasteiger partial charge in [-0.05, 0) is 37.8 Å². The van der Waals surface area contributed by atoms with Gasteiger partial charge in [0.15, 0.2) is 0 Å². The van der Waals surface area contributed by atoms with Crippen LogP contribution in [0.3, 0.4) is 0 Å². The van der Waals surface area contributed by atoms with Gasteiger partial charge in [0.1, 0.15) is 11.6 Å². The quantitative estimate of drug-likeness (QED) is 0.489. The second-order valence-electron chi connectivity index (χ2n) is 9.76. The van der Waals surface area contributed by atoms with Gasteiger partial charge in [-0.3, -0.25) is 10.1 Å². The van der Waals surface area contributed by atoms with E-state index >= 15 is 0 Å². The van der Waals surface area contributed by atoms with Gasteiger partial charge >= 0.3 is 0 Å². The second kappa shape index (κ2) is 9.77. The average Bonchev–Trinajstić information content (AvgIpc) is 3.54. The minimum atomic E-state index is 0.319. The molecule has 1 atom stereocenters. The van der Waals surface area contributed by atoms with Crippen molar-refractivity contribution in [3.8, 4) is 16.9 Å². The fraction of sp³-hybridized carbons (Fsp3) is 0.481. The van der Waals surface area contributed by atoms with Gasteiger partial charge in [-0.2, -0.15) is 5.10 Å². The van der Waals surface area contributed by atoms with Gasteiger partial charge in [-0.1, -0.05) is 6.58 Å². The van der Waals surface area contributed by atoms with Crippen molar-refractivity contribution in [1.29, 1.82) is 5.41 Å². The highest BCUT2D eigenvalue weighted by Gasteiger charge is 2.30. The van der Waals surface area contributed by atoms with Gasteiger partial charge in [-0.15, -0.1) is 0 Å². The van der Waals surface area contributed by atoms with Gasteiger partial charge in [-0.25, -0.2) is 0 Å². The number of benzene rings is 1.